The van der Waals surface area contributed by atoms with E-state index in [2.05, 4.69) is 26.1 Å². The zero-order chi connectivity index (χ0) is 9.47. The molecule has 1 N–H and O–H groups in total. The van der Waals surface area contributed by atoms with Gasteiger partial charge in [0.25, 0.3) is 0 Å². The Labute approximate surface area is 82.3 Å². The molecule has 76 valence electrons. The first-order chi connectivity index (χ1) is 6.13. The molecular weight excluding hydrogens is 158 g/mol. The minimum Gasteiger partial charge on any atom is -0.313 e. The molecule has 0 radical (unpaired) electrons. The molecule has 2 atom stereocenters. The molecule has 1 heteroatoms. The predicted molar refractivity (Wildman–Crippen MR) is 56.7 cm³/mol. The molecule has 2 unspecified atom stereocenters. The van der Waals surface area contributed by atoms with Gasteiger partial charge in [-0.05, 0) is 49.5 Å². The highest BCUT2D eigenvalue weighted by molar-refractivity contribution is 4.97. The second-order valence-corrected chi connectivity index (χ2v) is 5.65. The van der Waals surface area contributed by atoms with Crippen molar-refractivity contribution >= 4 is 0 Å². The molecule has 2 aliphatic carbocycles. The summed E-state index contributed by atoms with van der Waals surface area (Å²) in [5, 5.41) is 3.75. The van der Waals surface area contributed by atoms with Crippen molar-refractivity contribution in [3.8, 4) is 0 Å². The van der Waals surface area contributed by atoms with Crippen LogP contribution in [0.5, 0.6) is 0 Å². The molecule has 0 aromatic heterocycles. The summed E-state index contributed by atoms with van der Waals surface area (Å²) in [5.74, 6) is 1.98. The van der Waals surface area contributed by atoms with E-state index in [1.165, 1.54) is 32.2 Å². The van der Waals surface area contributed by atoms with Crippen LogP contribution in [0.3, 0.4) is 0 Å². The smallest absolute Gasteiger partial charge is 0.00928 e. The van der Waals surface area contributed by atoms with Gasteiger partial charge in [-0.25, -0.2) is 0 Å². The first-order valence-corrected chi connectivity index (χ1v) is 5.87. The fraction of sp³-hybridized carbons (Fsp3) is 1.00. The Morgan fingerprint density at radius 1 is 1.38 bits per heavy atom. The number of hydrogen-bond donors (Lipinski definition) is 1. The standard InChI is InChI=1S/C12H23N/c1-4-11(9-5-6-9)13-8-10-7-12(10,2)3/h9-11,13H,4-8H2,1-3H3. The molecule has 0 aliphatic heterocycles. The van der Waals surface area contributed by atoms with Crippen molar-refractivity contribution in [2.75, 3.05) is 6.54 Å². The van der Waals surface area contributed by atoms with Crippen LogP contribution in [0.25, 0.3) is 0 Å². The van der Waals surface area contributed by atoms with Crippen LogP contribution in [0.15, 0.2) is 0 Å². The van der Waals surface area contributed by atoms with Crippen molar-refractivity contribution in [2.45, 2.75) is 52.5 Å². The number of rotatable bonds is 5. The summed E-state index contributed by atoms with van der Waals surface area (Å²) in [6, 6.07) is 0.830. The molecule has 2 saturated carbocycles. The lowest BCUT2D eigenvalue weighted by Gasteiger charge is -2.16. The van der Waals surface area contributed by atoms with Gasteiger partial charge in [-0.2, -0.15) is 0 Å². The Kier molecular flexibility index (Phi) is 2.39. The summed E-state index contributed by atoms with van der Waals surface area (Å²) in [6.45, 7) is 8.35. The van der Waals surface area contributed by atoms with Gasteiger partial charge < -0.3 is 5.32 Å². The minimum atomic E-state index is 0.648. The second-order valence-electron chi connectivity index (χ2n) is 5.65. The van der Waals surface area contributed by atoms with Crippen molar-refractivity contribution < 1.29 is 0 Å². The van der Waals surface area contributed by atoms with Crippen LogP contribution in [0, 0.1) is 17.3 Å². The fourth-order valence-electron chi connectivity index (χ4n) is 2.36. The van der Waals surface area contributed by atoms with E-state index in [9.17, 15) is 0 Å². The summed E-state index contributed by atoms with van der Waals surface area (Å²) in [4.78, 5) is 0. The largest absolute Gasteiger partial charge is 0.313 e. The maximum absolute atomic E-state index is 3.75. The summed E-state index contributed by atoms with van der Waals surface area (Å²) in [6.07, 6.45) is 5.69. The Bertz CT molecular complexity index is 182. The lowest BCUT2D eigenvalue weighted by atomic mass is 10.1. The lowest BCUT2D eigenvalue weighted by Crippen LogP contribution is -2.32. The Morgan fingerprint density at radius 3 is 2.38 bits per heavy atom. The van der Waals surface area contributed by atoms with E-state index >= 15 is 0 Å². The average molecular weight is 181 g/mol. The molecule has 0 saturated heterocycles. The van der Waals surface area contributed by atoms with Gasteiger partial charge >= 0.3 is 0 Å². The molecule has 0 bridgehead atoms. The topological polar surface area (TPSA) is 12.0 Å². The maximum atomic E-state index is 3.75. The third-order valence-corrected chi connectivity index (χ3v) is 3.97. The summed E-state index contributed by atoms with van der Waals surface area (Å²) >= 11 is 0. The number of hydrogen-bond acceptors (Lipinski definition) is 1. The molecule has 2 fully saturated rings. The normalized spacial score (nSPS) is 33.0. The molecule has 0 amide bonds. The molecule has 0 aromatic carbocycles. The molecule has 0 spiro atoms. The van der Waals surface area contributed by atoms with Crippen LogP contribution < -0.4 is 5.32 Å². The molecule has 0 heterocycles. The third kappa shape index (κ3) is 2.25. The van der Waals surface area contributed by atoms with Crippen LogP contribution in [0.2, 0.25) is 0 Å². The minimum absolute atomic E-state index is 0.648. The highest BCUT2D eigenvalue weighted by Gasteiger charge is 2.45. The van der Waals surface area contributed by atoms with Gasteiger partial charge in [0.1, 0.15) is 0 Å². The van der Waals surface area contributed by atoms with Crippen molar-refractivity contribution in [3.05, 3.63) is 0 Å². The fourth-order valence-corrected chi connectivity index (χ4v) is 2.36. The Balaban J connectivity index is 1.66. The van der Waals surface area contributed by atoms with E-state index in [0.29, 0.717) is 5.41 Å². The SMILES string of the molecule is CCC(NCC1CC1(C)C)C1CC1. The van der Waals surface area contributed by atoms with E-state index in [-0.39, 0.29) is 0 Å². The monoisotopic (exact) mass is 181 g/mol. The van der Waals surface area contributed by atoms with Crippen LogP contribution in [0.4, 0.5) is 0 Å². The molecular formula is C12H23N. The third-order valence-electron chi connectivity index (χ3n) is 3.97. The van der Waals surface area contributed by atoms with E-state index in [4.69, 9.17) is 0 Å². The molecule has 13 heavy (non-hydrogen) atoms. The Hall–Kier alpha value is -0.0400. The van der Waals surface area contributed by atoms with Crippen LogP contribution in [-0.2, 0) is 0 Å². The Morgan fingerprint density at radius 2 is 2.00 bits per heavy atom. The van der Waals surface area contributed by atoms with Gasteiger partial charge in [-0.15, -0.1) is 0 Å². The second kappa shape index (κ2) is 3.27. The highest BCUT2D eigenvalue weighted by atomic mass is 14.9. The van der Waals surface area contributed by atoms with Gasteiger partial charge in [0.15, 0.2) is 0 Å². The summed E-state index contributed by atoms with van der Waals surface area (Å²) in [5.41, 5.74) is 0.648. The molecule has 0 aromatic rings. The van der Waals surface area contributed by atoms with Gasteiger partial charge in [0, 0.05) is 6.04 Å². The molecule has 2 rings (SSSR count). The first kappa shape index (κ1) is 9.51. The van der Waals surface area contributed by atoms with Gasteiger partial charge in [0.2, 0.25) is 0 Å². The maximum Gasteiger partial charge on any atom is 0.00928 e. The van der Waals surface area contributed by atoms with Crippen molar-refractivity contribution in [2.24, 2.45) is 17.3 Å². The average Bonchev–Trinajstić information content (AvgIpc) is 2.92. The van der Waals surface area contributed by atoms with E-state index < -0.39 is 0 Å². The zero-order valence-electron chi connectivity index (χ0n) is 9.27. The van der Waals surface area contributed by atoms with Gasteiger partial charge in [-0.3, -0.25) is 0 Å². The van der Waals surface area contributed by atoms with Crippen molar-refractivity contribution in [3.63, 3.8) is 0 Å². The first-order valence-electron chi connectivity index (χ1n) is 5.87. The lowest BCUT2D eigenvalue weighted by molar-refractivity contribution is 0.418. The van der Waals surface area contributed by atoms with E-state index in [0.717, 1.165) is 17.9 Å². The van der Waals surface area contributed by atoms with Crippen LogP contribution in [0.1, 0.15) is 46.5 Å². The van der Waals surface area contributed by atoms with E-state index in [1.807, 2.05) is 0 Å². The predicted octanol–water partition coefficient (Wildman–Crippen LogP) is 2.81. The van der Waals surface area contributed by atoms with E-state index in [1.54, 1.807) is 0 Å². The van der Waals surface area contributed by atoms with Crippen molar-refractivity contribution in [1.82, 2.24) is 5.32 Å². The van der Waals surface area contributed by atoms with Gasteiger partial charge in [0.05, 0.1) is 0 Å². The molecule has 2 aliphatic rings. The zero-order valence-corrected chi connectivity index (χ0v) is 9.27. The quantitative estimate of drug-likeness (QED) is 0.687. The van der Waals surface area contributed by atoms with Crippen molar-refractivity contribution in [1.29, 1.82) is 0 Å². The summed E-state index contributed by atoms with van der Waals surface area (Å²) in [7, 11) is 0. The highest BCUT2D eigenvalue weighted by Crippen LogP contribution is 2.51. The van der Waals surface area contributed by atoms with Crippen LogP contribution >= 0.6 is 0 Å². The molecule has 1 nitrogen and oxygen atoms in total. The summed E-state index contributed by atoms with van der Waals surface area (Å²) < 4.78 is 0. The number of nitrogens with one attached hydrogen (secondary N) is 1. The van der Waals surface area contributed by atoms with Crippen LogP contribution in [-0.4, -0.2) is 12.6 Å². The van der Waals surface area contributed by atoms with Gasteiger partial charge in [-0.1, -0.05) is 20.8 Å².